The highest BCUT2D eigenvalue weighted by atomic mass is 19.4. The summed E-state index contributed by atoms with van der Waals surface area (Å²) in [5.74, 6) is -0.470. The van der Waals surface area contributed by atoms with E-state index in [2.05, 4.69) is 10.3 Å². The van der Waals surface area contributed by atoms with Gasteiger partial charge >= 0.3 is 12.3 Å². The summed E-state index contributed by atoms with van der Waals surface area (Å²) in [5.41, 5.74) is -1.22. The standard InChI is InChI=1S/C22H24F3N3O3/c1-21(2,3)31-20(30)27-18-12-14(9-10-26-18)17(13-28(4)5)19(29)15-7-6-8-16(11-15)22(23,24)25/h6-13H,1-5H3,(H,26,27,30). The minimum Gasteiger partial charge on any atom is -0.444 e. The lowest BCUT2D eigenvalue weighted by Crippen LogP contribution is -2.27. The largest absolute Gasteiger partial charge is 0.444 e. The maximum Gasteiger partial charge on any atom is 0.416 e. The summed E-state index contributed by atoms with van der Waals surface area (Å²) in [6, 6.07) is 7.20. The number of ether oxygens (including phenoxy) is 1. The fraction of sp³-hybridized carbons (Fsp3) is 0.318. The number of Topliss-reactive ketones (excluding diaryl/α,β-unsaturated/α-hetero) is 1. The number of alkyl halides is 3. The zero-order valence-electron chi connectivity index (χ0n) is 17.9. The summed E-state index contributed by atoms with van der Waals surface area (Å²) in [6.07, 6.45) is -2.41. The van der Waals surface area contributed by atoms with E-state index in [-0.39, 0.29) is 17.0 Å². The number of allylic oxidation sites excluding steroid dienone is 1. The summed E-state index contributed by atoms with van der Waals surface area (Å²) >= 11 is 0. The van der Waals surface area contributed by atoms with E-state index in [1.54, 1.807) is 39.8 Å². The number of pyridine rings is 1. The zero-order valence-corrected chi connectivity index (χ0v) is 17.9. The normalized spacial score (nSPS) is 12.3. The molecule has 0 bridgehead atoms. The highest BCUT2D eigenvalue weighted by molar-refractivity contribution is 6.29. The van der Waals surface area contributed by atoms with Crippen molar-refractivity contribution in [2.24, 2.45) is 0 Å². The van der Waals surface area contributed by atoms with E-state index in [0.29, 0.717) is 5.56 Å². The highest BCUT2D eigenvalue weighted by Crippen LogP contribution is 2.31. The van der Waals surface area contributed by atoms with Crippen LogP contribution in [0.15, 0.2) is 48.8 Å². The smallest absolute Gasteiger partial charge is 0.416 e. The van der Waals surface area contributed by atoms with Crippen LogP contribution in [-0.2, 0) is 10.9 Å². The van der Waals surface area contributed by atoms with Crippen LogP contribution in [0, 0.1) is 0 Å². The quantitative estimate of drug-likeness (QED) is 0.514. The van der Waals surface area contributed by atoms with Gasteiger partial charge in [-0.2, -0.15) is 13.2 Å². The third-order valence-corrected chi connectivity index (χ3v) is 3.78. The van der Waals surface area contributed by atoms with Crippen molar-refractivity contribution in [2.45, 2.75) is 32.5 Å². The minimum absolute atomic E-state index is 0.110. The Bertz CT molecular complexity index is 993. The second kappa shape index (κ2) is 9.20. The molecule has 1 heterocycles. The van der Waals surface area contributed by atoms with Gasteiger partial charge in [0, 0.05) is 37.6 Å². The Morgan fingerprint density at radius 2 is 1.74 bits per heavy atom. The van der Waals surface area contributed by atoms with Crippen molar-refractivity contribution in [3.63, 3.8) is 0 Å². The minimum atomic E-state index is -4.57. The van der Waals surface area contributed by atoms with Crippen molar-refractivity contribution < 1.29 is 27.5 Å². The molecule has 0 fully saturated rings. The highest BCUT2D eigenvalue weighted by Gasteiger charge is 2.31. The molecule has 1 aromatic heterocycles. The first-order chi connectivity index (χ1) is 14.3. The van der Waals surface area contributed by atoms with Crippen molar-refractivity contribution in [3.8, 4) is 0 Å². The molecular weight excluding hydrogens is 411 g/mol. The molecule has 0 aliphatic rings. The van der Waals surface area contributed by atoms with Gasteiger partial charge in [-0.15, -0.1) is 0 Å². The number of ketones is 1. The van der Waals surface area contributed by atoms with Crippen LogP contribution in [0.1, 0.15) is 42.3 Å². The molecule has 166 valence electrons. The maximum atomic E-state index is 13.1. The Kier molecular flexibility index (Phi) is 7.09. The summed E-state index contributed by atoms with van der Waals surface area (Å²) in [6.45, 7) is 5.13. The fourth-order valence-corrected chi connectivity index (χ4v) is 2.59. The van der Waals surface area contributed by atoms with Gasteiger partial charge < -0.3 is 9.64 Å². The number of aromatic nitrogens is 1. The molecule has 0 saturated heterocycles. The summed E-state index contributed by atoms with van der Waals surface area (Å²) < 4.78 is 44.4. The molecule has 0 spiro atoms. The average molecular weight is 435 g/mol. The molecule has 31 heavy (non-hydrogen) atoms. The van der Waals surface area contributed by atoms with Crippen LogP contribution < -0.4 is 5.32 Å². The number of hydrogen-bond donors (Lipinski definition) is 1. The van der Waals surface area contributed by atoms with Crippen molar-refractivity contribution in [1.82, 2.24) is 9.88 Å². The number of amides is 1. The van der Waals surface area contributed by atoms with Gasteiger partial charge in [0.1, 0.15) is 11.4 Å². The Hall–Kier alpha value is -3.36. The number of anilines is 1. The molecule has 0 saturated carbocycles. The summed E-state index contributed by atoms with van der Waals surface area (Å²) in [7, 11) is 3.36. The Morgan fingerprint density at radius 3 is 2.32 bits per heavy atom. The van der Waals surface area contributed by atoms with Gasteiger partial charge in [0.05, 0.1) is 5.56 Å². The maximum absolute atomic E-state index is 13.1. The van der Waals surface area contributed by atoms with Crippen LogP contribution in [0.2, 0.25) is 0 Å². The van der Waals surface area contributed by atoms with Crippen LogP contribution in [0.25, 0.3) is 5.57 Å². The molecule has 9 heteroatoms. The van der Waals surface area contributed by atoms with Gasteiger partial charge in [-0.05, 0) is 50.6 Å². The van der Waals surface area contributed by atoms with Gasteiger partial charge in [-0.25, -0.2) is 9.78 Å². The summed E-state index contributed by atoms with van der Waals surface area (Å²) in [4.78, 5) is 30.7. The molecule has 0 radical (unpaired) electrons. The van der Waals surface area contributed by atoms with Crippen LogP contribution in [0.4, 0.5) is 23.8 Å². The Labute approximate surface area is 178 Å². The first-order valence-electron chi connectivity index (χ1n) is 9.33. The SMILES string of the molecule is CN(C)C=C(C(=O)c1cccc(C(F)(F)F)c1)c1ccnc(NC(=O)OC(C)(C)C)c1. The summed E-state index contributed by atoms with van der Waals surface area (Å²) in [5, 5.41) is 2.48. The van der Waals surface area contributed by atoms with Crippen LogP contribution >= 0.6 is 0 Å². The molecule has 0 unspecified atom stereocenters. The topological polar surface area (TPSA) is 71.5 Å². The van der Waals surface area contributed by atoms with E-state index in [1.165, 1.54) is 36.7 Å². The van der Waals surface area contributed by atoms with E-state index in [0.717, 1.165) is 12.1 Å². The molecule has 2 rings (SSSR count). The van der Waals surface area contributed by atoms with E-state index in [9.17, 15) is 22.8 Å². The Balaban J connectivity index is 2.40. The van der Waals surface area contributed by atoms with Gasteiger partial charge in [0.2, 0.25) is 0 Å². The lowest BCUT2D eigenvalue weighted by Gasteiger charge is -2.19. The number of carbonyl (C=O) groups excluding carboxylic acids is 2. The van der Waals surface area contributed by atoms with E-state index in [1.807, 2.05) is 0 Å². The third-order valence-electron chi connectivity index (χ3n) is 3.78. The van der Waals surface area contributed by atoms with Crippen molar-refractivity contribution >= 4 is 23.3 Å². The number of nitrogens with zero attached hydrogens (tertiary/aromatic N) is 2. The molecule has 1 amide bonds. The molecule has 0 atom stereocenters. The van der Waals surface area contributed by atoms with Crippen LogP contribution in [0.5, 0.6) is 0 Å². The molecule has 1 aromatic carbocycles. The third kappa shape index (κ3) is 7.13. The second-order valence-electron chi connectivity index (χ2n) is 7.97. The molecule has 0 aliphatic carbocycles. The molecule has 6 nitrogen and oxygen atoms in total. The second-order valence-corrected chi connectivity index (χ2v) is 7.97. The van der Waals surface area contributed by atoms with Crippen molar-refractivity contribution in [2.75, 3.05) is 19.4 Å². The number of nitrogens with one attached hydrogen (secondary N) is 1. The number of carbonyl (C=O) groups is 2. The number of rotatable bonds is 5. The van der Waals surface area contributed by atoms with Crippen LogP contribution in [-0.4, -0.2) is 41.5 Å². The van der Waals surface area contributed by atoms with E-state index >= 15 is 0 Å². The number of benzene rings is 1. The van der Waals surface area contributed by atoms with Crippen molar-refractivity contribution in [3.05, 3.63) is 65.5 Å². The molecule has 2 aromatic rings. The number of halogens is 3. The lowest BCUT2D eigenvalue weighted by atomic mass is 9.96. The first-order valence-corrected chi connectivity index (χ1v) is 9.33. The lowest BCUT2D eigenvalue weighted by molar-refractivity contribution is -0.137. The molecular formula is C22H24F3N3O3. The monoisotopic (exact) mass is 435 g/mol. The van der Waals surface area contributed by atoms with E-state index in [4.69, 9.17) is 4.74 Å². The zero-order chi connectivity index (χ0) is 23.4. The van der Waals surface area contributed by atoms with E-state index < -0.39 is 29.2 Å². The predicted molar refractivity (Wildman–Crippen MR) is 112 cm³/mol. The Morgan fingerprint density at radius 1 is 1.06 bits per heavy atom. The predicted octanol–water partition coefficient (Wildman–Crippen LogP) is 5.23. The van der Waals surface area contributed by atoms with Gasteiger partial charge in [0.15, 0.2) is 5.78 Å². The molecule has 0 aliphatic heterocycles. The molecule has 1 N–H and O–H groups in total. The van der Waals surface area contributed by atoms with Gasteiger partial charge in [-0.3, -0.25) is 10.1 Å². The van der Waals surface area contributed by atoms with Gasteiger partial charge in [0.25, 0.3) is 0 Å². The first kappa shape index (κ1) is 23.9. The average Bonchev–Trinajstić information content (AvgIpc) is 2.63. The van der Waals surface area contributed by atoms with Crippen molar-refractivity contribution in [1.29, 1.82) is 0 Å². The number of hydrogen-bond acceptors (Lipinski definition) is 5. The van der Waals surface area contributed by atoms with Gasteiger partial charge in [-0.1, -0.05) is 12.1 Å². The fourth-order valence-electron chi connectivity index (χ4n) is 2.59. The van der Waals surface area contributed by atoms with Crippen LogP contribution in [0.3, 0.4) is 0 Å².